The molecule has 1 heterocycles. The van der Waals surface area contributed by atoms with Crippen LogP contribution >= 0.6 is 23.2 Å². The summed E-state index contributed by atoms with van der Waals surface area (Å²) >= 11 is 11.8. The number of carbonyl (C=O) groups is 1. The zero-order chi connectivity index (χ0) is 27.0. The van der Waals surface area contributed by atoms with Crippen molar-refractivity contribution in [2.45, 2.75) is 17.2 Å². The number of methoxy groups -OCH3 is 1. The minimum atomic E-state index is -4.82. The average molecular weight is 575 g/mol. The number of carbonyl (C=O) groups excluding carboxylic acids is 1. The maximum absolute atomic E-state index is 13.5. The van der Waals surface area contributed by atoms with Gasteiger partial charge in [-0.3, -0.25) is 9.10 Å². The first-order valence-corrected chi connectivity index (χ1v) is 12.9. The molecule has 0 aliphatic carbocycles. The third-order valence-corrected chi connectivity index (χ3v) is 7.81. The van der Waals surface area contributed by atoms with E-state index in [4.69, 9.17) is 32.7 Å². The fourth-order valence-corrected chi connectivity index (χ4v) is 5.69. The van der Waals surface area contributed by atoms with Crippen molar-refractivity contribution in [3.8, 4) is 5.75 Å². The summed E-state index contributed by atoms with van der Waals surface area (Å²) in [4.78, 5) is 12.8. The van der Waals surface area contributed by atoms with Gasteiger partial charge in [-0.1, -0.05) is 29.3 Å². The molecule has 0 fully saturated rings. The number of benzene rings is 3. The molecule has 3 aromatic carbocycles. The van der Waals surface area contributed by atoms with Crippen molar-refractivity contribution in [1.82, 2.24) is 0 Å². The standard InChI is InChI=1S/C24H19Cl2F3N2O5S/c1-35-13-16-12-31(37(33,34)17-8-5-14(25)6-9-17)20-11-15(7-10-21(20)36-16)30-23(32)22-18(24(27,28)29)3-2-4-19(22)26/h2-11,16H,12-13H2,1H3,(H,30,32). The van der Waals surface area contributed by atoms with Crippen LogP contribution < -0.4 is 14.4 Å². The van der Waals surface area contributed by atoms with Crippen LogP contribution in [-0.2, 0) is 20.9 Å². The van der Waals surface area contributed by atoms with E-state index < -0.39 is 39.3 Å². The maximum atomic E-state index is 13.5. The molecule has 1 amide bonds. The number of halogens is 5. The van der Waals surface area contributed by atoms with Crippen molar-refractivity contribution in [1.29, 1.82) is 0 Å². The van der Waals surface area contributed by atoms with E-state index in [9.17, 15) is 26.4 Å². The van der Waals surface area contributed by atoms with Gasteiger partial charge in [0.15, 0.2) is 0 Å². The highest BCUT2D eigenvalue weighted by Crippen LogP contribution is 2.40. The topological polar surface area (TPSA) is 84.9 Å². The quantitative estimate of drug-likeness (QED) is 0.398. The lowest BCUT2D eigenvalue weighted by Crippen LogP contribution is -2.45. The van der Waals surface area contributed by atoms with E-state index in [0.29, 0.717) is 5.02 Å². The third-order valence-electron chi connectivity index (χ3n) is 5.45. The lowest BCUT2D eigenvalue weighted by atomic mass is 10.1. The summed E-state index contributed by atoms with van der Waals surface area (Å²) < 4.78 is 79.5. The van der Waals surface area contributed by atoms with Gasteiger partial charge in [0.1, 0.15) is 11.9 Å². The number of anilines is 2. The fourth-order valence-electron chi connectivity index (χ4n) is 3.81. The largest absolute Gasteiger partial charge is 0.484 e. The number of rotatable bonds is 6. The van der Waals surface area contributed by atoms with Crippen LogP contribution in [0, 0.1) is 0 Å². The number of hydrogen-bond acceptors (Lipinski definition) is 5. The first-order chi connectivity index (χ1) is 17.4. The molecule has 1 atom stereocenters. The van der Waals surface area contributed by atoms with Crippen LogP contribution in [0.5, 0.6) is 5.75 Å². The minimum absolute atomic E-state index is 0.0295. The number of amides is 1. The van der Waals surface area contributed by atoms with E-state index in [1.807, 2.05) is 0 Å². The summed E-state index contributed by atoms with van der Waals surface area (Å²) in [5.41, 5.74) is -1.85. The first kappa shape index (κ1) is 27.1. The second-order valence-electron chi connectivity index (χ2n) is 7.98. The Balaban J connectivity index is 1.73. The van der Waals surface area contributed by atoms with E-state index in [-0.39, 0.29) is 40.2 Å². The Morgan fingerprint density at radius 2 is 1.84 bits per heavy atom. The van der Waals surface area contributed by atoms with Gasteiger partial charge in [-0.2, -0.15) is 13.2 Å². The Morgan fingerprint density at radius 3 is 2.49 bits per heavy atom. The average Bonchev–Trinajstić information content (AvgIpc) is 2.83. The third kappa shape index (κ3) is 5.64. The molecule has 7 nitrogen and oxygen atoms in total. The van der Waals surface area contributed by atoms with Gasteiger partial charge in [0.25, 0.3) is 15.9 Å². The van der Waals surface area contributed by atoms with E-state index in [1.54, 1.807) is 0 Å². The Morgan fingerprint density at radius 1 is 1.14 bits per heavy atom. The van der Waals surface area contributed by atoms with Crippen molar-refractivity contribution in [2.75, 3.05) is 29.9 Å². The summed E-state index contributed by atoms with van der Waals surface area (Å²) in [7, 11) is -2.67. The monoisotopic (exact) mass is 574 g/mol. The predicted molar refractivity (Wildman–Crippen MR) is 133 cm³/mol. The highest BCUT2D eigenvalue weighted by atomic mass is 35.5. The van der Waals surface area contributed by atoms with Crippen LogP contribution in [0.2, 0.25) is 10.0 Å². The summed E-state index contributed by atoms with van der Waals surface area (Å²) in [6.07, 6.45) is -5.46. The SMILES string of the molecule is COCC1CN(S(=O)(=O)c2ccc(Cl)cc2)c2cc(NC(=O)c3c(Cl)cccc3C(F)(F)F)ccc2O1. The lowest BCUT2D eigenvalue weighted by Gasteiger charge is -2.35. The first-order valence-electron chi connectivity index (χ1n) is 10.7. The lowest BCUT2D eigenvalue weighted by molar-refractivity contribution is -0.137. The second-order valence-corrected chi connectivity index (χ2v) is 10.7. The molecule has 1 aliphatic heterocycles. The number of sulfonamides is 1. The highest BCUT2D eigenvalue weighted by Gasteiger charge is 2.37. The number of nitrogens with zero attached hydrogens (tertiary/aromatic N) is 1. The van der Waals surface area contributed by atoms with Crippen LogP contribution in [0.3, 0.4) is 0 Å². The smallest absolute Gasteiger partial charge is 0.417 e. The molecule has 1 N–H and O–H groups in total. The number of nitrogens with one attached hydrogen (secondary N) is 1. The second kappa shape index (κ2) is 10.4. The molecule has 37 heavy (non-hydrogen) atoms. The normalized spacial score (nSPS) is 15.6. The number of fused-ring (bicyclic) bond motifs is 1. The van der Waals surface area contributed by atoms with Crippen LogP contribution in [0.25, 0.3) is 0 Å². The van der Waals surface area contributed by atoms with Crippen LogP contribution in [0.4, 0.5) is 24.5 Å². The zero-order valence-electron chi connectivity index (χ0n) is 19.1. The van der Waals surface area contributed by atoms with E-state index >= 15 is 0 Å². The Kier molecular flexibility index (Phi) is 7.61. The minimum Gasteiger partial charge on any atom is -0.484 e. The van der Waals surface area contributed by atoms with Crippen LogP contribution in [-0.4, -0.2) is 40.7 Å². The molecule has 0 saturated heterocycles. The van der Waals surface area contributed by atoms with E-state index in [1.165, 1.54) is 55.6 Å². The van der Waals surface area contributed by atoms with Gasteiger partial charge >= 0.3 is 6.18 Å². The van der Waals surface area contributed by atoms with Gasteiger partial charge < -0.3 is 14.8 Å². The van der Waals surface area contributed by atoms with Crippen LogP contribution in [0.1, 0.15) is 15.9 Å². The zero-order valence-corrected chi connectivity index (χ0v) is 21.4. The molecule has 0 saturated carbocycles. The Hall–Kier alpha value is -2.99. The molecule has 4 rings (SSSR count). The fraction of sp³-hybridized carbons (Fsp3) is 0.208. The van der Waals surface area contributed by atoms with E-state index in [2.05, 4.69) is 5.32 Å². The van der Waals surface area contributed by atoms with Crippen molar-refractivity contribution in [3.05, 3.63) is 81.8 Å². The van der Waals surface area contributed by atoms with Gasteiger partial charge in [-0.15, -0.1) is 0 Å². The Labute approximate surface area is 220 Å². The number of ether oxygens (including phenoxy) is 2. The van der Waals surface area contributed by atoms with Crippen molar-refractivity contribution in [3.63, 3.8) is 0 Å². The number of hydrogen-bond donors (Lipinski definition) is 1. The maximum Gasteiger partial charge on any atom is 0.417 e. The molecule has 0 bridgehead atoms. The van der Waals surface area contributed by atoms with Crippen molar-refractivity contribution >= 4 is 50.5 Å². The van der Waals surface area contributed by atoms with Crippen molar-refractivity contribution in [2.24, 2.45) is 0 Å². The number of alkyl halides is 3. The summed E-state index contributed by atoms with van der Waals surface area (Å²) in [6.45, 7) is -0.0246. The molecule has 0 aromatic heterocycles. The molecular weight excluding hydrogens is 556 g/mol. The molecule has 13 heteroatoms. The molecule has 0 radical (unpaired) electrons. The molecule has 196 valence electrons. The summed E-state index contributed by atoms with van der Waals surface area (Å²) in [5.74, 6) is -0.934. The van der Waals surface area contributed by atoms with Gasteiger partial charge in [0.2, 0.25) is 0 Å². The van der Waals surface area contributed by atoms with Gasteiger partial charge in [0, 0.05) is 17.8 Å². The van der Waals surface area contributed by atoms with Crippen molar-refractivity contribution < 1.29 is 35.9 Å². The predicted octanol–water partition coefficient (Wildman–Crippen LogP) is 5.87. The molecule has 3 aromatic rings. The summed E-state index contributed by atoms with van der Waals surface area (Å²) in [5, 5.41) is 2.34. The van der Waals surface area contributed by atoms with Gasteiger partial charge in [-0.25, -0.2) is 8.42 Å². The molecular formula is C24H19Cl2F3N2O5S. The highest BCUT2D eigenvalue weighted by molar-refractivity contribution is 7.92. The molecule has 1 aliphatic rings. The van der Waals surface area contributed by atoms with Crippen LogP contribution in [0.15, 0.2) is 65.6 Å². The van der Waals surface area contributed by atoms with E-state index in [0.717, 1.165) is 16.4 Å². The Bertz CT molecular complexity index is 1430. The molecule has 0 spiro atoms. The molecule has 1 unspecified atom stereocenters. The summed E-state index contributed by atoms with van der Waals surface area (Å²) in [6, 6.07) is 12.7. The van der Waals surface area contributed by atoms with Gasteiger partial charge in [-0.05, 0) is 54.6 Å². The van der Waals surface area contributed by atoms with Gasteiger partial charge in [0.05, 0.1) is 39.9 Å².